The Morgan fingerprint density at radius 2 is 2.11 bits per heavy atom. The fourth-order valence-electron chi connectivity index (χ4n) is 1.85. The van der Waals surface area contributed by atoms with Gasteiger partial charge in [-0.15, -0.1) is 0 Å². The highest BCUT2D eigenvalue weighted by atomic mass is 19.1. The molecule has 0 atom stereocenters. The van der Waals surface area contributed by atoms with Gasteiger partial charge in [-0.2, -0.15) is 4.39 Å². The lowest BCUT2D eigenvalue weighted by Crippen LogP contribution is -2.31. The number of hydrogen-bond acceptors (Lipinski definition) is 3. The molecule has 19 heavy (non-hydrogen) atoms. The van der Waals surface area contributed by atoms with Gasteiger partial charge in [-0.05, 0) is 30.5 Å². The number of halogens is 1. The number of rotatable bonds is 4. The Morgan fingerprint density at radius 1 is 1.32 bits per heavy atom. The van der Waals surface area contributed by atoms with Crippen molar-refractivity contribution in [2.24, 2.45) is 0 Å². The van der Waals surface area contributed by atoms with E-state index in [9.17, 15) is 14.0 Å². The standard InChI is InChI=1S/C13H14FN3O2/c14-11-8-17(13(19)16-12(11)18)6-2-4-9-3-1-5-10(15)7-9/h1,3,5,7-8H,2,4,6,15H2,(H,16,18,19). The second-order valence-corrected chi connectivity index (χ2v) is 4.28. The van der Waals surface area contributed by atoms with Crippen molar-refractivity contribution in [2.45, 2.75) is 19.4 Å². The van der Waals surface area contributed by atoms with E-state index in [2.05, 4.69) is 0 Å². The summed E-state index contributed by atoms with van der Waals surface area (Å²) in [6.45, 7) is 0.335. The maximum absolute atomic E-state index is 13.0. The zero-order chi connectivity index (χ0) is 13.8. The van der Waals surface area contributed by atoms with Gasteiger partial charge in [0, 0.05) is 12.2 Å². The van der Waals surface area contributed by atoms with Crippen LogP contribution in [0.2, 0.25) is 0 Å². The van der Waals surface area contributed by atoms with Gasteiger partial charge in [-0.25, -0.2) is 4.79 Å². The molecule has 0 aliphatic rings. The third-order valence-electron chi connectivity index (χ3n) is 2.78. The van der Waals surface area contributed by atoms with Crippen molar-refractivity contribution < 1.29 is 4.39 Å². The van der Waals surface area contributed by atoms with E-state index >= 15 is 0 Å². The van der Waals surface area contributed by atoms with Gasteiger partial charge in [-0.1, -0.05) is 12.1 Å². The van der Waals surface area contributed by atoms with E-state index in [1.54, 1.807) is 6.07 Å². The molecule has 6 heteroatoms. The second kappa shape index (κ2) is 5.51. The Labute approximate surface area is 108 Å². The highest BCUT2D eigenvalue weighted by molar-refractivity contribution is 5.40. The molecule has 0 radical (unpaired) electrons. The Kier molecular flexibility index (Phi) is 3.79. The molecule has 3 N–H and O–H groups in total. The summed E-state index contributed by atoms with van der Waals surface area (Å²) in [6.07, 6.45) is 2.30. The maximum atomic E-state index is 13.0. The Morgan fingerprint density at radius 3 is 2.84 bits per heavy atom. The molecular weight excluding hydrogens is 249 g/mol. The van der Waals surface area contributed by atoms with Crippen molar-refractivity contribution in [1.29, 1.82) is 0 Å². The SMILES string of the molecule is Nc1cccc(CCCn2cc(F)c(=O)[nH]c2=O)c1. The smallest absolute Gasteiger partial charge is 0.328 e. The molecule has 0 spiro atoms. The van der Waals surface area contributed by atoms with Gasteiger partial charge in [0.15, 0.2) is 0 Å². The van der Waals surface area contributed by atoms with E-state index in [4.69, 9.17) is 5.73 Å². The predicted octanol–water partition coefficient (Wildman–Crippen LogP) is 0.891. The van der Waals surface area contributed by atoms with Crippen LogP contribution in [0.4, 0.5) is 10.1 Å². The molecule has 0 saturated heterocycles. The van der Waals surface area contributed by atoms with Gasteiger partial charge in [0.1, 0.15) is 0 Å². The number of H-pyrrole nitrogens is 1. The molecule has 0 unspecified atom stereocenters. The molecule has 0 saturated carbocycles. The maximum Gasteiger partial charge on any atom is 0.328 e. The van der Waals surface area contributed by atoms with Gasteiger partial charge >= 0.3 is 5.69 Å². The first-order valence-corrected chi connectivity index (χ1v) is 5.90. The monoisotopic (exact) mass is 263 g/mol. The highest BCUT2D eigenvalue weighted by Crippen LogP contribution is 2.08. The molecule has 0 bridgehead atoms. The van der Waals surface area contributed by atoms with Crippen LogP contribution in [0.15, 0.2) is 40.1 Å². The van der Waals surface area contributed by atoms with Gasteiger partial charge in [0.25, 0.3) is 5.56 Å². The van der Waals surface area contributed by atoms with Crippen LogP contribution in [0.25, 0.3) is 0 Å². The molecule has 0 fully saturated rings. The summed E-state index contributed by atoms with van der Waals surface area (Å²) in [5, 5.41) is 0. The third-order valence-corrected chi connectivity index (χ3v) is 2.78. The van der Waals surface area contributed by atoms with Crippen molar-refractivity contribution in [3.63, 3.8) is 0 Å². The number of nitrogens with two attached hydrogens (primary N) is 1. The predicted molar refractivity (Wildman–Crippen MR) is 70.5 cm³/mol. The first-order chi connectivity index (χ1) is 9.06. The third kappa shape index (κ3) is 3.31. The second-order valence-electron chi connectivity index (χ2n) is 4.28. The summed E-state index contributed by atoms with van der Waals surface area (Å²) in [7, 11) is 0. The van der Waals surface area contributed by atoms with E-state index in [1.165, 1.54) is 0 Å². The molecule has 1 aromatic heterocycles. The topological polar surface area (TPSA) is 80.9 Å². The van der Waals surface area contributed by atoms with Crippen LogP contribution < -0.4 is 17.0 Å². The Balaban J connectivity index is 2.02. The van der Waals surface area contributed by atoms with Crippen LogP contribution in [-0.2, 0) is 13.0 Å². The van der Waals surface area contributed by atoms with E-state index in [-0.39, 0.29) is 0 Å². The largest absolute Gasteiger partial charge is 0.399 e. The lowest BCUT2D eigenvalue weighted by Gasteiger charge is -2.05. The van der Waals surface area contributed by atoms with Crippen LogP contribution in [0, 0.1) is 5.82 Å². The summed E-state index contributed by atoms with van der Waals surface area (Å²) in [4.78, 5) is 24.2. The number of nitrogens with zero attached hydrogens (tertiary/aromatic N) is 1. The minimum atomic E-state index is -0.989. The van der Waals surface area contributed by atoms with Crippen molar-refractivity contribution >= 4 is 5.69 Å². The number of nitrogen functional groups attached to an aromatic ring is 1. The minimum absolute atomic E-state index is 0.335. The summed E-state index contributed by atoms with van der Waals surface area (Å²) in [5.74, 6) is -0.955. The molecule has 1 heterocycles. The number of nitrogens with one attached hydrogen (secondary N) is 1. The van der Waals surface area contributed by atoms with Crippen LogP contribution in [0.3, 0.4) is 0 Å². The summed E-state index contributed by atoms with van der Waals surface area (Å²) >= 11 is 0. The lowest BCUT2D eigenvalue weighted by atomic mass is 10.1. The molecule has 0 amide bonds. The van der Waals surface area contributed by atoms with Gasteiger partial charge in [0.05, 0.1) is 6.20 Å². The van der Waals surface area contributed by atoms with Crippen molar-refractivity contribution in [2.75, 3.05) is 5.73 Å². The van der Waals surface area contributed by atoms with Crippen molar-refractivity contribution in [3.8, 4) is 0 Å². The number of aromatic nitrogens is 2. The summed E-state index contributed by atoms with van der Waals surface area (Å²) in [6, 6.07) is 7.45. The van der Waals surface area contributed by atoms with Crippen LogP contribution in [0.1, 0.15) is 12.0 Å². The van der Waals surface area contributed by atoms with E-state index in [0.29, 0.717) is 18.7 Å². The molecule has 5 nitrogen and oxygen atoms in total. The highest BCUT2D eigenvalue weighted by Gasteiger charge is 2.03. The number of benzene rings is 1. The molecule has 0 aliphatic carbocycles. The minimum Gasteiger partial charge on any atom is -0.399 e. The fourth-order valence-corrected chi connectivity index (χ4v) is 1.85. The van der Waals surface area contributed by atoms with Crippen LogP contribution in [0.5, 0.6) is 0 Å². The fraction of sp³-hybridized carbons (Fsp3) is 0.231. The quantitative estimate of drug-likeness (QED) is 0.804. The summed E-state index contributed by atoms with van der Waals surface area (Å²) < 4.78 is 14.2. The first kappa shape index (κ1) is 13.1. The number of hydrogen-bond donors (Lipinski definition) is 2. The van der Waals surface area contributed by atoms with E-state index in [0.717, 1.165) is 22.7 Å². The molecule has 100 valence electrons. The molecular formula is C13H14FN3O2. The van der Waals surface area contributed by atoms with Crippen molar-refractivity contribution in [1.82, 2.24) is 9.55 Å². The molecule has 1 aromatic carbocycles. The Hall–Kier alpha value is -2.37. The van der Waals surface area contributed by atoms with Gasteiger partial charge < -0.3 is 5.73 Å². The zero-order valence-electron chi connectivity index (χ0n) is 10.2. The molecule has 0 aliphatic heterocycles. The van der Waals surface area contributed by atoms with Gasteiger partial charge in [-0.3, -0.25) is 14.3 Å². The van der Waals surface area contributed by atoms with Crippen LogP contribution in [-0.4, -0.2) is 9.55 Å². The van der Waals surface area contributed by atoms with Crippen LogP contribution >= 0.6 is 0 Å². The summed E-state index contributed by atoms with van der Waals surface area (Å²) in [5.41, 5.74) is 5.81. The molecule has 2 rings (SSSR count). The first-order valence-electron chi connectivity index (χ1n) is 5.90. The van der Waals surface area contributed by atoms with Crippen molar-refractivity contribution in [3.05, 3.63) is 62.7 Å². The number of anilines is 1. The van der Waals surface area contributed by atoms with Gasteiger partial charge in [0.2, 0.25) is 5.82 Å². The van der Waals surface area contributed by atoms with E-state index < -0.39 is 17.1 Å². The average molecular weight is 263 g/mol. The number of aryl methyl sites for hydroxylation is 2. The lowest BCUT2D eigenvalue weighted by molar-refractivity contribution is 0.538. The Bertz CT molecular complexity index is 691. The average Bonchev–Trinajstić information content (AvgIpc) is 2.35. The normalized spacial score (nSPS) is 10.6. The number of aromatic amines is 1. The zero-order valence-corrected chi connectivity index (χ0v) is 10.2. The van der Waals surface area contributed by atoms with E-state index in [1.807, 2.05) is 23.2 Å². The molecule has 2 aromatic rings.